The van der Waals surface area contributed by atoms with Crippen LogP contribution < -0.4 is 10.1 Å². The predicted molar refractivity (Wildman–Crippen MR) is 84.4 cm³/mol. The van der Waals surface area contributed by atoms with Crippen molar-refractivity contribution in [2.45, 2.75) is 45.2 Å². The van der Waals surface area contributed by atoms with Crippen LogP contribution >= 0.6 is 0 Å². The standard InChI is InChI=1S/C17H28N2O/c1-4-19-11-5-6-16(13-19)18-14(2)12-15-7-9-17(20-3)10-8-15/h7-10,14,16,18H,4-6,11-13H2,1-3H3. The molecule has 1 aromatic carbocycles. The predicted octanol–water partition coefficient (Wildman–Crippen LogP) is 2.70. The molecule has 0 saturated carbocycles. The molecule has 2 unspecified atom stereocenters. The third kappa shape index (κ3) is 4.50. The Balaban J connectivity index is 1.80. The fraction of sp³-hybridized carbons (Fsp3) is 0.647. The van der Waals surface area contributed by atoms with E-state index in [1.807, 2.05) is 12.1 Å². The van der Waals surface area contributed by atoms with Crippen molar-refractivity contribution in [2.24, 2.45) is 0 Å². The summed E-state index contributed by atoms with van der Waals surface area (Å²) in [6, 6.07) is 9.58. The highest BCUT2D eigenvalue weighted by Crippen LogP contribution is 2.14. The summed E-state index contributed by atoms with van der Waals surface area (Å²) in [4.78, 5) is 2.54. The lowest BCUT2D eigenvalue weighted by atomic mass is 10.0. The number of benzene rings is 1. The van der Waals surface area contributed by atoms with Crippen LogP contribution in [0.5, 0.6) is 5.75 Å². The number of nitrogens with one attached hydrogen (secondary N) is 1. The van der Waals surface area contributed by atoms with Gasteiger partial charge in [0.1, 0.15) is 5.75 Å². The highest BCUT2D eigenvalue weighted by Gasteiger charge is 2.19. The first-order chi connectivity index (χ1) is 9.71. The molecule has 3 heteroatoms. The summed E-state index contributed by atoms with van der Waals surface area (Å²) in [6.45, 7) is 8.17. The number of likely N-dealkylation sites (tertiary alicyclic amines) is 1. The van der Waals surface area contributed by atoms with Crippen molar-refractivity contribution in [2.75, 3.05) is 26.7 Å². The van der Waals surface area contributed by atoms with Crippen LogP contribution in [0.2, 0.25) is 0 Å². The fourth-order valence-electron chi connectivity index (χ4n) is 3.06. The highest BCUT2D eigenvalue weighted by atomic mass is 16.5. The van der Waals surface area contributed by atoms with Gasteiger partial charge in [-0.25, -0.2) is 0 Å². The smallest absolute Gasteiger partial charge is 0.118 e. The molecule has 1 saturated heterocycles. The number of piperidine rings is 1. The van der Waals surface area contributed by atoms with Crippen LogP contribution in [0.15, 0.2) is 24.3 Å². The van der Waals surface area contributed by atoms with Gasteiger partial charge in [-0.2, -0.15) is 0 Å². The fourth-order valence-corrected chi connectivity index (χ4v) is 3.06. The number of methoxy groups -OCH3 is 1. The summed E-state index contributed by atoms with van der Waals surface area (Å²) in [5.41, 5.74) is 1.37. The summed E-state index contributed by atoms with van der Waals surface area (Å²) in [5.74, 6) is 0.931. The average molecular weight is 276 g/mol. The van der Waals surface area contributed by atoms with Crippen molar-refractivity contribution in [1.29, 1.82) is 0 Å². The van der Waals surface area contributed by atoms with E-state index < -0.39 is 0 Å². The largest absolute Gasteiger partial charge is 0.497 e. The van der Waals surface area contributed by atoms with Gasteiger partial charge in [0.15, 0.2) is 0 Å². The van der Waals surface area contributed by atoms with Gasteiger partial charge in [-0.3, -0.25) is 0 Å². The van der Waals surface area contributed by atoms with E-state index in [9.17, 15) is 0 Å². The van der Waals surface area contributed by atoms with E-state index in [4.69, 9.17) is 4.74 Å². The molecule has 0 aliphatic carbocycles. The van der Waals surface area contributed by atoms with Gasteiger partial charge in [0.05, 0.1) is 7.11 Å². The monoisotopic (exact) mass is 276 g/mol. The molecule has 0 spiro atoms. The summed E-state index contributed by atoms with van der Waals surface area (Å²) < 4.78 is 5.20. The van der Waals surface area contributed by atoms with Crippen molar-refractivity contribution in [3.8, 4) is 5.75 Å². The van der Waals surface area contributed by atoms with Gasteiger partial charge in [0.2, 0.25) is 0 Å². The Kier molecular flexibility index (Phi) is 5.86. The second-order valence-corrected chi connectivity index (χ2v) is 5.85. The molecule has 0 amide bonds. The van der Waals surface area contributed by atoms with E-state index in [1.54, 1.807) is 7.11 Å². The first-order valence-corrected chi connectivity index (χ1v) is 7.82. The van der Waals surface area contributed by atoms with Gasteiger partial charge in [0, 0.05) is 18.6 Å². The van der Waals surface area contributed by atoms with Crippen molar-refractivity contribution < 1.29 is 4.74 Å². The van der Waals surface area contributed by atoms with Gasteiger partial charge in [-0.1, -0.05) is 19.1 Å². The van der Waals surface area contributed by atoms with E-state index in [-0.39, 0.29) is 0 Å². The van der Waals surface area contributed by atoms with Crippen molar-refractivity contribution >= 4 is 0 Å². The Hall–Kier alpha value is -1.06. The molecule has 20 heavy (non-hydrogen) atoms. The first kappa shape index (κ1) is 15.3. The van der Waals surface area contributed by atoms with Crippen LogP contribution in [-0.2, 0) is 6.42 Å². The molecule has 1 aliphatic heterocycles. The molecular formula is C17H28N2O. The Bertz CT molecular complexity index is 390. The minimum Gasteiger partial charge on any atom is -0.497 e. The summed E-state index contributed by atoms with van der Waals surface area (Å²) in [7, 11) is 1.71. The summed E-state index contributed by atoms with van der Waals surface area (Å²) in [5, 5.41) is 3.79. The van der Waals surface area contributed by atoms with E-state index in [0.717, 1.165) is 12.2 Å². The Morgan fingerprint density at radius 2 is 2.10 bits per heavy atom. The minimum absolute atomic E-state index is 0.519. The van der Waals surface area contributed by atoms with E-state index in [2.05, 4.69) is 36.2 Å². The number of ether oxygens (including phenoxy) is 1. The normalized spacial score (nSPS) is 21.6. The zero-order valence-electron chi connectivity index (χ0n) is 13.1. The second-order valence-electron chi connectivity index (χ2n) is 5.85. The number of hydrogen-bond acceptors (Lipinski definition) is 3. The Morgan fingerprint density at radius 3 is 2.75 bits per heavy atom. The lowest BCUT2D eigenvalue weighted by Gasteiger charge is -2.34. The number of nitrogens with zero attached hydrogens (tertiary/aromatic N) is 1. The second kappa shape index (κ2) is 7.65. The average Bonchev–Trinajstić information content (AvgIpc) is 2.48. The molecule has 1 aromatic rings. The maximum atomic E-state index is 5.20. The molecule has 1 N–H and O–H groups in total. The molecule has 1 heterocycles. The highest BCUT2D eigenvalue weighted by molar-refractivity contribution is 5.27. The zero-order chi connectivity index (χ0) is 14.4. The maximum Gasteiger partial charge on any atom is 0.118 e. The molecule has 2 atom stereocenters. The number of hydrogen-bond donors (Lipinski definition) is 1. The number of likely N-dealkylation sites (N-methyl/N-ethyl adjacent to an activating group) is 1. The lowest BCUT2D eigenvalue weighted by Crippen LogP contribution is -2.48. The maximum absolute atomic E-state index is 5.20. The van der Waals surface area contributed by atoms with Gasteiger partial charge in [-0.05, 0) is 57.0 Å². The van der Waals surface area contributed by atoms with E-state index >= 15 is 0 Å². The van der Waals surface area contributed by atoms with E-state index in [0.29, 0.717) is 12.1 Å². The topological polar surface area (TPSA) is 24.5 Å². The van der Waals surface area contributed by atoms with Gasteiger partial charge in [0.25, 0.3) is 0 Å². The van der Waals surface area contributed by atoms with E-state index in [1.165, 1.54) is 38.0 Å². The Morgan fingerprint density at radius 1 is 1.35 bits per heavy atom. The molecule has 1 fully saturated rings. The van der Waals surface area contributed by atoms with Crippen LogP contribution in [0.1, 0.15) is 32.3 Å². The van der Waals surface area contributed by atoms with Crippen molar-refractivity contribution in [1.82, 2.24) is 10.2 Å². The molecule has 3 nitrogen and oxygen atoms in total. The van der Waals surface area contributed by atoms with Crippen LogP contribution in [0, 0.1) is 0 Å². The Labute approximate surface area is 123 Å². The quantitative estimate of drug-likeness (QED) is 0.864. The van der Waals surface area contributed by atoms with Gasteiger partial charge in [-0.15, -0.1) is 0 Å². The molecule has 0 radical (unpaired) electrons. The van der Waals surface area contributed by atoms with Crippen LogP contribution in [0.25, 0.3) is 0 Å². The van der Waals surface area contributed by atoms with Gasteiger partial charge >= 0.3 is 0 Å². The first-order valence-electron chi connectivity index (χ1n) is 7.82. The third-order valence-corrected chi connectivity index (χ3v) is 4.17. The van der Waals surface area contributed by atoms with Crippen molar-refractivity contribution in [3.63, 3.8) is 0 Å². The molecular weight excluding hydrogens is 248 g/mol. The van der Waals surface area contributed by atoms with Crippen molar-refractivity contribution in [3.05, 3.63) is 29.8 Å². The molecule has 2 rings (SSSR count). The minimum atomic E-state index is 0.519. The lowest BCUT2D eigenvalue weighted by molar-refractivity contribution is 0.192. The molecule has 0 aromatic heterocycles. The van der Waals surface area contributed by atoms with Crippen LogP contribution in [-0.4, -0.2) is 43.7 Å². The summed E-state index contributed by atoms with van der Waals surface area (Å²) >= 11 is 0. The molecule has 112 valence electrons. The summed E-state index contributed by atoms with van der Waals surface area (Å²) in [6.07, 6.45) is 3.71. The third-order valence-electron chi connectivity index (χ3n) is 4.17. The van der Waals surface area contributed by atoms with Crippen LogP contribution in [0.4, 0.5) is 0 Å². The molecule has 1 aliphatic rings. The number of rotatable bonds is 6. The van der Waals surface area contributed by atoms with Gasteiger partial charge < -0.3 is 15.0 Å². The zero-order valence-corrected chi connectivity index (χ0v) is 13.1. The van der Waals surface area contributed by atoms with Crippen LogP contribution in [0.3, 0.4) is 0 Å². The molecule has 0 bridgehead atoms. The SMILES string of the molecule is CCN1CCCC(NC(C)Cc2ccc(OC)cc2)C1.